The summed E-state index contributed by atoms with van der Waals surface area (Å²) < 4.78 is 36.4. The molecule has 4 rings (SSSR count). The summed E-state index contributed by atoms with van der Waals surface area (Å²) in [7, 11) is 1.22. The SMILES string of the molecule is CCC1O[C@@H](C)C(N=[N+]=[N-])[C@@H](C)[C@@H]1O[C@@H]1OC(C(=O)OC)[C@@H](O)[C@H](OCc2ccccc2)C1OCc1ccccc1. The lowest BCUT2D eigenvalue weighted by atomic mass is 9.85. The Balaban J connectivity index is 1.66. The van der Waals surface area contributed by atoms with Gasteiger partial charge in [0.25, 0.3) is 0 Å². The van der Waals surface area contributed by atoms with E-state index in [1.165, 1.54) is 7.11 Å². The molecule has 0 radical (unpaired) electrons. The van der Waals surface area contributed by atoms with Gasteiger partial charge in [-0.3, -0.25) is 0 Å². The van der Waals surface area contributed by atoms with Gasteiger partial charge in [-0.05, 0) is 35.9 Å². The van der Waals surface area contributed by atoms with E-state index in [4.69, 9.17) is 34.0 Å². The average molecular weight is 570 g/mol. The van der Waals surface area contributed by atoms with E-state index >= 15 is 0 Å². The second kappa shape index (κ2) is 14.7. The molecule has 0 saturated carbocycles. The predicted octanol–water partition coefficient (Wildman–Crippen LogP) is 4.31. The van der Waals surface area contributed by atoms with E-state index in [0.29, 0.717) is 6.42 Å². The number of aliphatic hydroxyl groups is 1. The molecule has 1 N–H and O–H groups in total. The van der Waals surface area contributed by atoms with Gasteiger partial charge in [0.05, 0.1) is 44.7 Å². The number of rotatable bonds is 11. The van der Waals surface area contributed by atoms with Crippen LogP contribution in [0.3, 0.4) is 0 Å². The Morgan fingerprint density at radius 3 is 2.07 bits per heavy atom. The molecule has 0 bridgehead atoms. The summed E-state index contributed by atoms with van der Waals surface area (Å²) in [6, 6.07) is 18.6. The van der Waals surface area contributed by atoms with Gasteiger partial charge in [-0.2, -0.15) is 0 Å². The highest BCUT2D eigenvalue weighted by Crippen LogP contribution is 2.36. The molecule has 4 unspecified atom stereocenters. The lowest BCUT2D eigenvalue weighted by molar-refractivity contribution is -0.337. The minimum Gasteiger partial charge on any atom is -0.467 e. The zero-order valence-corrected chi connectivity index (χ0v) is 23.8. The van der Waals surface area contributed by atoms with Crippen molar-refractivity contribution in [1.29, 1.82) is 0 Å². The molecule has 0 spiro atoms. The summed E-state index contributed by atoms with van der Waals surface area (Å²) in [6.45, 7) is 6.12. The monoisotopic (exact) mass is 569 g/mol. The first kappa shape index (κ1) is 30.9. The topological polar surface area (TPSA) is 141 Å². The Morgan fingerprint density at radius 1 is 0.951 bits per heavy atom. The number of azide groups is 1. The van der Waals surface area contributed by atoms with Crippen LogP contribution in [0.1, 0.15) is 38.3 Å². The van der Waals surface area contributed by atoms with E-state index in [0.717, 1.165) is 11.1 Å². The molecular weight excluding hydrogens is 530 g/mol. The number of aliphatic hydroxyl groups excluding tert-OH is 1. The smallest absolute Gasteiger partial charge is 0.337 e. The van der Waals surface area contributed by atoms with Gasteiger partial charge < -0.3 is 33.5 Å². The number of ether oxygens (including phenoxy) is 6. The maximum absolute atomic E-state index is 12.7. The molecule has 2 aliphatic heterocycles. The quantitative estimate of drug-likeness (QED) is 0.183. The van der Waals surface area contributed by atoms with Gasteiger partial charge in [-0.15, -0.1) is 0 Å². The van der Waals surface area contributed by atoms with Crippen LogP contribution < -0.4 is 0 Å². The van der Waals surface area contributed by atoms with Crippen LogP contribution in [0.4, 0.5) is 0 Å². The van der Waals surface area contributed by atoms with Gasteiger partial charge in [0.2, 0.25) is 0 Å². The zero-order chi connectivity index (χ0) is 29.4. The standard InChI is InChI=1S/C30H39N3O8/c1-5-22-25(18(2)23(32-33-31)19(3)39-22)40-30-28(38-17-21-14-10-7-11-15-21)26(24(34)27(41-30)29(35)36-4)37-16-20-12-8-6-9-13-20/h6-15,18-19,22-28,30,34H,5,16-17H2,1-4H3/t18-,19+,22?,23?,24+,25+,26+,27?,28?,30-/m1/s1. The molecular formula is C30H39N3O8. The van der Waals surface area contributed by atoms with Crippen LogP contribution in [0.5, 0.6) is 0 Å². The molecule has 2 aromatic carbocycles. The van der Waals surface area contributed by atoms with Gasteiger partial charge in [0.1, 0.15) is 18.3 Å². The predicted molar refractivity (Wildman–Crippen MR) is 148 cm³/mol. The summed E-state index contributed by atoms with van der Waals surface area (Å²) in [5.74, 6) is -1.01. The van der Waals surface area contributed by atoms with Crippen molar-refractivity contribution in [3.05, 3.63) is 82.2 Å². The lowest BCUT2D eigenvalue weighted by Gasteiger charge is -2.48. The van der Waals surface area contributed by atoms with Crippen molar-refractivity contribution in [3.63, 3.8) is 0 Å². The Hall–Kier alpha value is -3.02. The van der Waals surface area contributed by atoms with E-state index in [-0.39, 0.29) is 31.3 Å². The number of carbonyl (C=O) groups excluding carboxylic acids is 1. The lowest BCUT2D eigenvalue weighted by Crippen LogP contribution is -2.64. The van der Waals surface area contributed by atoms with Crippen LogP contribution >= 0.6 is 0 Å². The summed E-state index contributed by atoms with van der Waals surface area (Å²) in [6.07, 6.45) is -6.45. The highest BCUT2D eigenvalue weighted by molar-refractivity contribution is 5.75. The summed E-state index contributed by atoms with van der Waals surface area (Å²) >= 11 is 0. The first-order valence-corrected chi connectivity index (χ1v) is 13.9. The van der Waals surface area contributed by atoms with Crippen molar-refractivity contribution in [2.75, 3.05) is 7.11 Å². The molecule has 2 aliphatic rings. The van der Waals surface area contributed by atoms with Crippen LogP contribution in [-0.4, -0.2) is 73.2 Å². The normalized spacial score (nSPS) is 33.5. The van der Waals surface area contributed by atoms with E-state index in [1.54, 1.807) is 0 Å². The Bertz CT molecular complexity index is 1150. The fourth-order valence-electron chi connectivity index (χ4n) is 5.49. The third-order valence-corrected chi connectivity index (χ3v) is 7.70. The van der Waals surface area contributed by atoms with E-state index < -0.39 is 48.8 Å². The number of benzene rings is 2. The molecule has 11 heteroatoms. The Kier molecular flexibility index (Phi) is 11.1. The number of methoxy groups -OCH3 is 1. The number of carbonyl (C=O) groups is 1. The second-order valence-corrected chi connectivity index (χ2v) is 10.4. The molecule has 222 valence electrons. The Labute approximate surface area is 240 Å². The van der Waals surface area contributed by atoms with Crippen LogP contribution in [0.2, 0.25) is 0 Å². The maximum atomic E-state index is 12.7. The van der Waals surface area contributed by atoms with E-state index in [9.17, 15) is 9.90 Å². The molecule has 2 heterocycles. The van der Waals surface area contributed by atoms with Gasteiger partial charge in [0.15, 0.2) is 12.4 Å². The van der Waals surface area contributed by atoms with Crippen molar-refractivity contribution in [2.24, 2.45) is 11.0 Å². The molecule has 2 fully saturated rings. The Morgan fingerprint density at radius 2 is 1.54 bits per heavy atom. The first-order chi connectivity index (χ1) is 19.9. The van der Waals surface area contributed by atoms with Crippen LogP contribution in [0, 0.1) is 5.92 Å². The molecule has 11 nitrogen and oxygen atoms in total. The molecule has 10 atom stereocenters. The summed E-state index contributed by atoms with van der Waals surface area (Å²) in [5, 5.41) is 15.3. The third-order valence-electron chi connectivity index (χ3n) is 7.70. The molecule has 41 heavy (non-hydrogen) atoms. The van der Waals surface area contributed by atoms with Crippen molar-refractivity contribution in [2.45, 2.75) is 95.5 Å². The van der Waals surface area contributed by atoms with E-state index in [2.05, 4.69) is 10.0 Å². The molecule has 0 aliphatic carbocycles. The first-order valence-electron chi connectivity index (χ1n) is 13.9. The highest BCUT2D eigenvalue weighted by atomic mass is 16.7. The van der Waals surface area contributed by atoms with Gasteiger partial charge >= 0.3 is 5.97 Å². The minimum atomic E-state index is -1.40. The van der Waals surface area contributed by atoms with Crippen LogP contribution in [0.25, 0.3) is 10.4 Å². The van der Waals surface area contributed by atoms with E-state index in [1.807, 2.05) is 81.4 Å². The van der Waals surface area contributed by atoms with Crippen molar-refractivity contribution < 1.29 is 38.3 Å². The molecule has 0 aromatic heterocycles. The van der Waals surface area contributed by atoms with Gasteiger partial charge in [-0.1, -0.05) is 79.6 Å². The minimum absolute atomic E-state index is 0.158. The second-order valence-electron chi connectivity index (χ2n) is 10.4. The van der Waals surface area contributed by atoms with Crippen molar-refractivity contribution in [3.8, 4) is 0 Å². The number of hydrogen-bond acceptors (Lipinski definition) is 9. The molecule has 0 amide bonds. The third kappa shape index (κ3) is 7.44. The van der Waals surface area contributed by atoms with Crippen LogP contribution in [0.15, 0.2) is 65.8 Å². The summed E-state index contributed by atoms with van der Waals surface area (Å²) in [4.78, 5) is 15.8. The number of hydrogen-bond donors (Lipinski definition) is 1. The van der Waals surface area contributed by atoms with Crippen molar-refractivity contribution in [1.82, 2.24) is 0 Å². The largest absolute Gasteiger partial charge is 0.467 e. The number of nitrogens with zero attached hydrogens (tertiary/aromatic N) is 3. The summed E-state index contributed by atoms with van der Waals surface area (Å²) in [5.41, 5.74) is 10.9. The number of esters is 1. The average Bonchev–Trinajstić information content (AvgIpc) is 3.00. The van der Waals surface area contributed by atoms with Crippen molar-refractivity contribution >= 4 is 5.97 Å². The zero-order valence-electron chi connectivity index (χ0n) is 23.8. The fourth-order valence-corrected chi connectivity index (χ4v) is 5.49. The fraction of sp³-hybridized carbons (Fsp3) is 0.567. The highest BCUT2D eigenvalue weighted by Gasteiger charge is 2.53. The van der Waals surface area contributed by atoms with Gasteiger partial charge in [-0.25, -0.2) is 4.79 Å². The van der Waals surface area contributed by atoms with Gasteiger partial charge in [0, 0.05) is 4.91 Å². The maximum Gasteiger partial charge on any atom is 0.337 e. The van der Waals surface area contributed by atoms with Crippen LogP contribution in [-0.2, 0) is 46.4 Å². The molecule has 2 saturated heterocycles. The molecule has 2 aromatic rings.